The van der Waals surface area contributed by atoms with Crippen molar-refractivity contribution in [2.45, 2.75) is 38.4 Å². The van der Waals surface area contributed by atoms with Crippen molar-refractivity contribution in [2.24, 2.45) is 5.73 Å². The zero-order valence-electron chi connectivity index (χ0n) is 9.86. The lowest BCUT2D eigenvalue weighted by Gasteiger charge is -2.30. The predicted molar refractivity (Wildman–Crippen MR) is 63.6 cm³/mol. The number of rotatable bonds is 2. The van der Waals surface area contributed by atoms with Crippen LogP contribution in [0.3, 0.4) is 0 Å². The highest BCUT2D eigenvalue weighted by Crippen LogP contribution is 2.32. The molecule has 1 heterocycles. The van der Waals surface area contributed by atoms with Crippen LogP contribution in [-0.4, -0.2) is 23.5 Å². The highest BCUT2D eigenvalue weighted by atomic mass is 19.1. The van der Waals surface area contributed by atoms with E-state index in [2.05, 4.69) is 18.7 Å². The fraction of sp³-hybridized carbons (Fsp3) is 0.538. The topological polar surface area (TPSA) is 29.3 Å². The van der Waals surface area contributed by atoms with Gasteiger partial charge in [0.1, 0.15) is 5.82 Å². The van der Waals surface area contributed by atoms with Crippen molar-refractivity contribution in [1.29, 1.82) is 0 Å². The zero-order valence-corrected chi connectivity index (χ0v) is 9.86. The van der Waals surface area contributed by atoms with E-state index in [0.29, 0.717) is 6.04 Å². The average molecular weight is 222 g/mol. The molecule has 0 unspecified atom stereocenters. The van der Waals surface area contributed by atoms with Crippen LogP contribution in [0.5, 0.6) is 0 Å². The lowest BCUT2D eigenvalue weighted by Crippen LogP contribution is -2.35. The molecule has 2 nitrogen and oxygen atoms in total. The van der Waals surface area contributed by atoms with E-state index in [1.165, 1.54) is 12.1 Å². The maximum Gasteiger partial charge on any atom is 0.123 e. The first-order chi connectivity index (χ1) is 7.59. The monoisotopic (exact) mass is 222 g/mol. The number of halogens is 1. The van der Waals surface area contributed by atoms with Crippen LogP contribution in [0.2, 0.25) is 0 Å². The van der Waals surface area contributed by atoms with Crippen LogP contribution in [0.15, 0.2) is 24.3 Å². The van der Waals surface area contributed by atoms with Crippen molar-refractivity contribution < 1.29 is 4.39 Å². The number of nitrogens with zero attached hydrogens (tertiary/aromatic N) is 1. The molecule has 1 aliphatic heterocycles. The summed E-state index contributed by atoms with van der Waals surface area (Å²) in [5, 5.41) is 0. The molecule has 2 atom stereocenters. The molecule has 2 N–H and O–H groups in total. The van der Waals surface area contributed by atoms with E-state index in [9.17, 15) is 4.39 Å². The summed E-state index contributed by atoms with van der Waals surface area (Å²) in [6.45, 7) is 5.38. The average Bonchev–Trinajstić information content (AvgIpc) is 2.62. The molecule has 0 bridgehead atoms. The number of hydrogen-bond donors (Lipinski definition) is 1. The Balaban J connectivity index is 2.26. The van der Waals surface area contributed by atoms with Gasteiger partial charge in [-0.3, -0.25) is 4.90 Å². The molecule has 0 spiro atoms. The van der Waals surface area contributed by atoms with Crippen LogP contribution in [-0.2, 0) is 0 Å². The van der Waals surface area contributed by atoms with E-state index in [0.717, 1.165) is 18.5 Å². The standard InChI is InChI=1S/C13H19FN2/c1-9(2)16-8-7-12(15)13(16)10-3-5-11(14)6-4-10/h3-6,9,12-13H,7-8,15H2,1-2H3/t12-,13+/m1/s1. The van der Waals surface area contributed by atoms with E-state index < -0.39 is 0 Å². The molecule has 1 aromatic rings. The molecule has 1 aliphatic rings. The Kier molecular flexibility index (Phi) is 3.26. The van der Waals surface area contributed by atoms with Crippen LogP contribution in [0, 0.1) is 5.82 Å². The van der Waals surface area contributed by atoms with Gasteiger partial charge in [-0.1, -0.05) is 12.1 Å². The molecule has 0 aliphatic carbocycles. The van der Waals surface area contributed by atoms with Gasteiger partial charge >= 0.3 is 0 Å². The Morgan fingerprint density at radius 1 is 1.31 bits per heavy atom. The van der Waals surface area contributed by atoms with E-state index in [1.54, 1.807) is 0 Å². The summed E-state index contributed by atoms with van der Waals surface area (Å²) in [6.07, 6.45) is 1.01. The Morgan fingerprint density at radius 3 is 2.50 bits per heavy atom. The maximum atomic E-state index is 12.9. The first kappa shape index (κ1) is 11.6. The van der Waals surface area contributed by atoms with Gasteiger partial charge in [0.25, 0.3) is 0 Å². The fourth-order valence-corrected chi connectivity index (χ4v) is 2.52. The molecule has 2 rings (SSSR count). The van der Waals surface area contributed by atoms with E-state index in [4.69, 9.17) is 5.73 Å². The number of likely N-dealkylation sites (tertiary alicyclic amines) is 1. The van der Waals surface area contributed by atoms with E-state index in [-0.39, 0.29) is 17.9 Å². The molecular formula is C13H19FN2. The van der Waals surface area contributed by atoms with E-state index >= 15 is 0 Å². The molecule has 0 amide bonds. The summed E-state index contributed by atoms with van der Waals surface area (Å²) in [6, 6.07) is 7.59. The molecule has 0 aromatic heterocycles. The highest BCUT2D eigenvalue weighted by Gasteiger charge is 2.34. The van der Waals surface area contributed by atoms with Gasteiger partial charge in [0.2, 0.25) is 0 Å². The van der Waals surface area contributed by atoms with Crippen molar-refractivity contribution in [2.75, 3.05) is 6.54 Å². The summed E-state index contributed by atoms with van der Waals surface area (Å²) in [5.41, 5.74) is 7.27. The predicted octanol–water partition coefficient (Wildman–Crippen LogP) is 2.31. The minimum absolute atomic E-state index is 0.160. The van der Waals surface area contributed by atoms with Crippen molar-refractivity contribution in [3.05, 3.63) is 35.6 Å². The van der Waals surface area contributed by atoms with Crippen LogP contribution in [0.1, 0.15) is 31.9 Å². The van der Waals surface area contributed by atoms with Gasteiger partial charge in [0.15, 0.2) is 0 Å². The minimum atomic E-state index is -0.189. The van der Waals surface area contributed by atoms with Crippen LogP contribution in [0.4, 0.5) is 4.39 Å². The van der Waals surface area contributed by atoms with Crippen molar-refractivity contribution in [3.63, 3.8) is 0 Å². The summed E-state index contributed by atoms with van der Waals surface area (Å²) in [7, 11) is 0. The summed E-state index contributed by atoms with van der Waals surface area (Å²) in [4.78, 5) is 2.39. The molecule has 1 saturated heterocycles. The Hall–Kier alpha value is -0.930. The minimum Gasteiger partial charge on any atom is -0.326 e. The lowest BCUT2D eigenvalue weighted by atomic mass is 10.00. The molecule has 1 fully saturated rings. The zero-order chi connectivity index (χ0) is 11.7. The second kappa shape index (κ2) is 4.52. The molecule has 1 aromatic carbocycles. The van der Waals surface area contributed by atoms with E-state index in [1.807, 2.05) is 12.1 Å². The van der Waals surface area contributed by atoms with Gasteiger partial charge in [-0.2, -0.15) is 0 Å². The molecular weight excluding hydrogens is 203 g/mol. The largest absolute Gasteiger partial charge is 0.326 e. The van der Waals surface area contributed by atoms with Gasteiger partial charge < -0.3 is 5.73 Å². The van der Waals surface area contributed by atoms with Gasteiger partial charge in [-0.05, 0) is 38.0 Å². The normalized spacial score (nSPS) is 26.6. The molecule has 0 radical (unpaired) electrons. The summed E-state index contributed by atoms with van der Waals surface area (Å²) in [5.74, 6) is -0.189. The Bertz CT molecular complexity index is 347. The third-order valence-corrected chi connectivity index (χ3v) is 3.36. The number of hydrogen-bond acceptors (Lipinski definition) is 2. The Morgan fingerprint density at radius 2 is 1.94 bits per heavy atom. The first-order valence-corrected chi connectivity index (χ1v) is 5.86. The van der Waals surface area contributed by atoms with Crippen molar-refractivity contribution in [3.8, 4) is 0 Å². The van der Waals surface area contributed by atoms with Gasteiger partial charge in [-0.15, -0.1) is 0 Å². The van der Waals surface area contributed by atoms with Crippen LogP contribution >= 0.6 is 0 Å². The molecule has 3 heteroatoms. The number of benzene rings is 1. The van der Waals surface area contributed by atoms with Gasteiger partial charge in [-0.25, -0.2) is 4.39 Å². The third kappa shape index (κ3) is 2.11. The number of nitrogens with two attached hydrogens (primary N) is 1. The quantitative estimate of drug-likeness (QED) is 0.832. The second-order valence-electron chi connectivity index (χ2n) is 4.78. The smallest absolute Gasteiger partial charge is 0.123 e. The highest BCUT2D eigenvalue weighted by molar-refractivity contribution is 5.23. The second-order valence-corrected chi connectivity index (χ2v) is 4.78. The van der Waals surface area contributed by atoms with Gasteiger partial charge in [0.05, 0.1) is 6.04 Å². The first-order valence-electron chi connectivity index (χ1n) is 5.86. The van der Waals surface area contributed by atoms with Crippen molar-refractivity contribution in [1.82, 2.24) is 4.90 Å². The molecule has 88 valence electrons. The third-order valence-electron chi connectivity index (χ3n) is 3.36. The maximum absolute atomic E-state index is 12.9. The molecule has 0 saturated carbocycles. The van der Waals surface area contributed by atoms with Crippen LogP contribution in [0.25, 0.3) is 0 Å². The summed E-state index contributed by atoms with van der Waals surface area (Å²) < 4.78 is 12.9. The summed E-state index contributed by atoms with van der Waals surface area (Å²) >= 11 is 0. The van der Waals surface area contributed by atoms with Crippen molar-refractivity contribution >= 4 is 0 Å². The van der Waals surface area contributed by atoms with Gasteiger partial charge in [0, 0.05) is 18.6 Å². The SMILES string of the molecule is CC(C)N1CC[C@@H](N)[C@@H]1c1ccc(F)cc1. The Labute approximate surface area is 96.2 Å². The molecule has 16 heavy (non-hydrogen) atoms. The van der Waals surface area contributed by atoms with Crippen LogP contribution < -0.4 is 5.73 Å². The lowest BCUT2D eigenvalue weighted by molar-refractivity contribution is 0.198. The fourth-order valence-electron chi connectivity index (χ4n) is 2.52.